The van der Waals surface area contributed by atoms with Crippen LogP contribution in [-0.4, -0.2) is 77.0 Å². The van der Waals surface area contributed by atoms with Crippen LogP contribution in [0.15, 0.2) is 0 Å². The fraction of sp³-hybridized carbons (Fsp3) is 0.850. The molecule has 7 heteroatoms. The Morgan fingerprint density at radius 2 is 1.93 bits per heavy atom. The second kappa shape index (κ2) is 8.07. The Hall–Kier alpha value is -1.79. The first kappa shape index (κ1) is 20.0. The summed E-state index contributed by atoms with van der Waals surface area (Å²) in [5, 5.41) is 0. The zero-order chi connectivity index (χ0) is 19.6. The van der Waals surface area contributed by atoms with E-state index in [-0.39, 0.29) is 23.9 Å². The number of nitrogens with zero attached hydrogens (tertiary/aromatic N) is 3. The summed E-state index contributed by atoms with van der Waals surface area (Å²) in [6.45, 7) is 9.37. The maximum atomic E-state index is 13.0. The molecule has 3 fully saturated rings. The minimum atomic E-state index is -0.445. The Morgan fingerprint density at radius 1 is 1.22 bits per heavy atom. The van der Waals surface area contributed by atoms with Crippen molar-refractivity contribution in [1.82, 2.24) is 14.7 Å². The third-order valence-electron chi connectivity index (χ3n) is 6.16. The van der Waals surface area contributed by atoms with Gasteiger partial charge in [0.1, 0.15) is 11.6 Å². The number of likely N-dealkylation sites (tertiary alicyclic amines) is 2. The minimum absolute atomic E-state index is 0.0600. The quantitative estimate of drug-likeness (QED) is 0.735. The number of piperidine rings is 1. The molecule has 0 aliphatic carbocycles. The van der Waals surface area contributed by atoms with Gasteiger partial charge in [-0.05, 0) is 25.2 Å². The average molecular weight is 380 g/mol. The molecule has 1 atom stereocenters. The first-order valence-corrected chi connectivity index (χ1v) is 10.4. The first-order chi connectivity index (χ1) is 12.8. The molecule has 3 aliphatic rings. The summed E-state index contributed by atoms with van der Waals surface area (Å²) in [4.78, 5) is 42.7. The van der Waals surface area contributed by atoms with Gasteiger partial charge in [0.2, 0.25) is 11.8 Å². The van der Waals surface area contributed by atoms with Crippen molar-refractivity contribution in [2.24, 2.45) is 5.92 Å². The summed E-state index contributed by atoms with van der Waals surface area (Å²) in [5.74, 6) is 0.670. The molecule has 0 aromatic rings. The molecule has 0 radical (unpaired) electrons. The second-order valence-corrected chi connectivity index (χ2v) is 8.58. The van der Waals surface area contributed by atoms with Gasteiger partial charge in [-0.25, -0.2) is 4.79 Å². The molecule has 3 aliphatic heterocycles. The molecule has 0 unspecified atom stereocenters. The molecule has 3 heterocycles. The Bertz CT molecular complexity index is 584. The van der Waals surface area contributed by atoms with Gasteiger partial charge in [-0.1, -0.05) is 20.8 Å². The minimum Gasteiger partial charge on any atom is -0.441 e. The Kier molecular flexibility index (Phi) is 5.96. The fourth-order valence-corrected chi connectivity index (χ4v) is 4.41. The number of ether oxygens (including phenoxy) is 1. The first-order valence-electron chi connectivity index (χ1n) is 10.4. The molecule has 7 nitrogen and oxygen atoms in total. The van der Waals surface area contributed by atoms with Gasteiger partial charge >= 0.3 is 6.09 Å². The molecular formula is C20H33N3O4. The number of carbonyl (C=O) groups excluding carboxylic acids is 3. The van der Waals surface area contributed by atoms with Crippen LogP contribution in [0.1, 0.15) is 59.3 Å². The lowest BCUT2D eigenvalue weighted by Crippen LogP contribution is -2.53. The highest BCUT2D eigenvalue weighted by molar-refractivity contribution is 5.88. The zero-order valence-corrected chi connectivity index (χ0v) is 16.9. The van der Waals surface area contributed by atoms with Crippen LogP contribution >= 0.6 is 0 Å². The van der Waals surface area contributed by atoms with E-state index in [0.29, 0.717) is 51.4 Å². The van der Waals surface area contributed by atoms with E-state index >= 15 is 0 Å². The van der Waals surface area contributed by atoms with Crippen molar-refractivity contribution in [3.63, 3.8) is 0 Å². The number of hydrogen-bond donors (Lipinski definition) is 0. The zero-order valence-electron chi connectivity index (χ0n) is 16.9. The largest absolute Gasteiger partial charge is 0.441 e. The summed E-state index contributed by atoms with van der Waals surface area (Å²) in [6, 6.07) is -0.305. The van der Waals surface area contributed by atoms with Crippen molar-refractivity contribution in [2.45, 2.75) is 70.9 Å². The van der Waals surface area contributed by atoms with Crippen molar-refractivity contribution in [3.8, 4) is 0 Å². The van der Waals surface area contributed by atoms with Crippen molar-refractivity contribution in [2.75, 3.05) is 32.7 Å². The van der Waals surface area contributed by atoms with E-state index in [4.69, 9.17) is 4.74 Å². The van der Waals surface area contributed by atoms with Gasteiger partial charge in [-0.2, -0.15) is 0 Å². The topological polar surface area (TPSA) is 70.2 Å². The summed E-state index contributed by atoms with van der Waals surface area (Å²) < 4.78 is 5.75. The molecule has 3 amide bonds. The summed E-state index contributed by atoms with van der Waals surface area (Å²) in [5.41, 5.74) is -0.445. The SMILES string of the molecule is CCC(=O)N1CCC[C@@H]1C(=O)N1CCC2(CC1)CN(CCC(C)C)C(=O)O2. The highest BCUT2D eigenvalue weighted by Crippen LogP contribution is 2.34. The van der Waals surface area contributed by atoms with Crippen LogP contribution in [0.2, 0.25) is 0 Å². The van der Waals surface area contributed by atoms with Gasteiger partial charge in [0.15, 0.2) is 0 Å². The van der Waals surface area contributed by atoms with Crippen LogP contribution in [0.4, 0.5) is 4.79 Å². The molecule has 152 valence electrons. The Balaban J connectivity index is 1.55. The average Bonchev–Trinajstić information content (AvgIpc) is 3.24. The second-order valence-electron chi connectivity index (χ2n) is 8.58. The standard InChI is InChI=1S/C20H33N3O4/c1-4-17(24)23-10-5-6-16(23)18(25)21-12-8-20(9-13-21)14-22(19(26)27-20)11-7-15(2)3/h15-16H,4-14H2,1-3H3/t16-/m1/s1. The van der Waals surface area contributed by atoms with Gasteiger partial charge < -0.3 is 19.4 Å². The van der Waals surface area contributed by atoms with Crippen LogP contribution in [0, 0.1) is 5.92 Å². The molecular weight excluding hydrogens is 346 g/mol. The predicted octanol–water partition coefficient (Wildman–Crippen LogP) is 2.25. The van der Waals surface area contributed by atoms with Gasteiger partial charge in [-0.3, -0.25) is 9.59 Å². The van der Waals surface area contributed by atoms with Crippen molar-refractivity contribution < 1.29 is 19.1 Å². The van der Waals surface area contributed by atoms with Gasteiger partial charge in [0.05, 0.1) is 6.54 Å². The van der Waals surface area contributed by atoms with Gasteiger partial charge in [0, 0.05) is 45.4 Å². The van der Waals surface area contributed by atoms with Crippen LogP contribution in [0.5, 0.6) is 0 Å². The lowest BCUT2D eigenvalue weighted by Gasteiger charge is -2.39. The molecule has 0 aromatic carbocycles. The van der Waals surface area contributed by atoms with E-state index in [1.54, 1.807) is 4.90 Å². The molecule has 0 saturated carbocycles. The monoisotopic (exact) mass is 379 g/mol. The van der Waals surface area contributed by atoms with E-state index in [2.05, 4.69) is 13.8 Å². The normalized spacial score (nSPS) is 24.8. The number of amides is 3. The molecule has 1 spiro atoms. The summed E-state index contributed by atoms with van der Waals surface area (Å²) >= 11 is 0. The highest BCUT2D eigenvalue weighted by atomic mass is 16.6. The molecule has 0 aromatic heterocycles. The van der Waals surface area contributed by atoms with Gasteiger partial charge in [0.25, 0.3) is 0 Å². The van der Waals surface area contributed by atoms with Crippen LogP contribution in [0.25, 0.3) is 0 Å². The van der Waals surface area contributed by atoms with Crippen molar-refractivity contribution >= 4 is 17.9 Å². The van der Waals surface area contributed by atoms with Crippen molar-refractivity contribution in [3.05, 3.63) is 0 Å². The Labute approximate surface area is 162 Å². The predicted molar refractivity (Wildman–Crippen MR) is 101 cm³/mol. The Morgan fingerprint density at radius 3 is 2.56 bits per heavy atom. The number of rotatable bonds is 5. The smallest absolute Gasteiger partial charge is 0.410 e. The van der Waals surface area contributed by atoms with Crippen LogP contribution in [-0.2, 0) is 14.3 Å². The summed E-state index contributed by atoms with van der Waals surface area (Å²) in [6.07, 6.45) is 4.19. The molecule has 0 bridgehead atoms. The third kappa shape index (κ3) is 4.22. The number of hydrogen-bond acceptors (Lipinski definition) is 4. The maximum Gasteiger partial charge on any atom is 0.410 e. The lowest BCUT2D eigenvalue weighted by atomic mass is 9.90. The maximum absolute atomic E-state index is 13.0. The van der Waals surface area contributed by atoms with Crippen molar-refractivity contribution in [1.29, 1.82) is 0 Å². The number of carbonyl (C=O) groups is 3. The van der Waals surface area contributed by atoms with E-state index in [1.165, 1.54) is 0 Å². The summed E-state index contributed by atoms with van der Waals surface area (Å²) in [7, 11) is 0. The highest BCUT2D eigenvalue weighted by Gasteiger charge is 2.48. The van der Waals surface area contributed by atoms with Gasteiger partial charge in [-0.15, -0.1) is 0 Å². The van der Waals surface area contributed by atoms with E-state index in [9.17, 15) is 14.4 Å². The molecule has 3 saturated heterocycles. The molecule has 0 N–H and O–H groups in total. The molecule has 27 heavy (non-hydrogen) atoms. The van der Waals surface area contributed by atoms with Crippen LogP contribution in [0.3, 0.4) is 0 Å². The fourth-order valence-electron chi connectivity index (χ4n) is 4.41. The van der Waals surface area contributed by atoms with E-state index < -0.39 is 5.60 Å². The van der Waals surface area contributed by atoms with E-state index in [0.717, 1.165) is 25.8 Å². The van der Waals surface area contributed by atoms with Crippen LogP contribution < -0.4 is 0 Å². The molecule has 3 rings (SSSR count). The third-order valence-corrected chi connectivity index (χ3v) is 6.16. The lowest BCUT2D eigenvalue weighted by molar-refractivity contribution is -0.145. The van der Waals surface area contributed by atoms with E-state index in [1.807, 2.05) is 16.7 Å².